The Hall–Kier alpha value is -2.62. The number of aromatic nitrogens is 1. The van der Waals surface area contributed by atoms with Gasteiger partial charge in [-0.3, -0.25) is 9.98 Å². The molecule has 4 nitrogen and oxygen atoms in total. The number of phenols is 1. The highest BCUT2D eigenvalue weighted by Crippen LogP contribution is 2.36. The number of hydrogen-bond acceptors (Lipinski definition) is 4. The zero-order valence-electron chi connectivity index (χ0n) is 12.8. The average molecular weight is 306 g/mol. The highest BCUT2D eigenvalue weighted by molar-refractivity contribution is 6.02. The van der Waals surface area contributed by atoms with Gasteiger partial charge in [0.25, 0.3) is 0 Å². The standard InChI is InChI=1S/C19H18N2O2/c22-16-5-6-18-19(14-3-1-2-4-17(14)23-18)15(16)12-21-11-13-7-9-20-10-8-13/h5-10,12,22H,1-4,11H2. The SMILES string of the molecule is Oc1ccc2oc3c(c2c1C=NCc1ccncc1)CCCC3. The Bertz CT molecular complexity index is 866. The number of pyridine rings is 1. The number of hydrogen-bond donors (Lipinski definition) is 1. The monoisotopic (exact) mass is 306 g/mol. The Labute approximate surface area is 134 Å². The molecule has 0 amide bonds. The van der Waals surface area contributed by atoms with E-state index in [1.807, 2.05) is 18.2 Å². The summed E-state index contributed by atoms with van der Waals surface area (Å²) in [6, 6.07) is 7.42. The van der Waals surface area contributed by atoms with Crippen LogP contribution in [0.25, 0.3) is 11.0 Å². The molecule has 1 aliphatic rings. The van der Waals surface area contributed by atoms with Crippen molar-refractivity contribution in [2.75, 3.05) is 0 Å². The molecule has 0 saturated heterocycles. The van der Waals surface area contributed by atoms with Crippen LogP contribution in [0.3, 0.4) is 0 Å². The fourth-order valence-electron chi connectivity index (χ4n) is 3.23. The molecule has 0 radical (unpaired) electrons. The van der Waals surface area contributed by atoms with Crippen molar-refractivity contribution >= 4 is 17.2 Å². The van der Waals surface area contributed by atoms with Crippen molar-refractivity contribution in [3.8, 4) is 5.75 Å². The summed E-state index contributed by atoms with van der Waals surface area (Å²) in [4.78, 5) is 8.50. The van der Waals surface area contributed by atoms with Gasteiger partial charge in [0, 0.05) is 41.5 Å². The average Bonchev–Trinajstić information content (AvgIpc) is 2.97. The summed E-state index contributed by atoms with van der Waals surface area (Å²) in [5.74, 6) is 1.32. The number of aryl methyl sites for hydroxylation is 2. The van der Waals surface area contributed by atoms with Crippen molar-refractivity contribution in [1.82, 2.24) is 4.98 Å². The minimum atomic E-state index is 0.255. The predicted molar refractivity (Wildman–Crippen MR) is 90.1 cm³/mol. The van der Waals surface area contributed by atoms with E-state index in [0.29, 0.717) is 6.54 Å². The van der Waals surface area contributed by atoms with E-state index in [2.05, 4.69) is 9.98 Å². The molecule has 1 aromatic carbocycles. The van der Waals surface area contributed by atoms with Crippen LogP contribution in [0.1, 0.15) is 35.3 Å². The summed E-state index contributed by atoms with van der Waals surface area (Å²) in [6.45, 7) is 0.568. The van der Waals surface area contributed by atoms with Crippen LogP contribution < -0.4 is 0 Å². The number of aromatic hydroxyl groups is 1. The number of benzene rings is 1. The number of furan rings is 1. The number of rotatable bonds is 3. The summed E-state index contributed by atoms with van der Waals surface area (Å²) in [6.07, 6.45) is 9.62. The van der Waals surface area contributed by atoms with Gasteiger partial charge in [-0.05, 0) is 49.1 Å². The van der Waals surface area contributed by atoms with Crippen LogP contribution in [-0.2, 0) is 19.4 Å². The quantitative estimate of drug-likeness (QED) is 0.743. The normalized spacial score (nSPS) is 14.4. The summed E-state index contributed by atoms with van der Waals surface area (Å²) in [7, 11) is 0. The second kappa shape index (κ2) is 5.88. The van der Waals surface area contributed by atoms with Gasteiger partial charge in [-0.2, -0.15) is 0 Å². The molecule has 0 aliphatic heterocycles. The van der Waals surface area contributed by atoms with Crippen molar-refractivity contribution in [1.29, 1.82) is 0 Å². The third-order valence-corrected chi connectivity index (χ3v) is 4.38. The molecule has 4 heteroatoms. The molecule has 1 N–H and O–H groups in total. The molecule has 0 unspecified atom stereocenters. The second-order valence-corrected chi connectivity index (χ2v) is 5.91. The van der Waals surface area contributed by atoms with Gasteiger partial charge in [0.15, 0.2) is 0 Å². The van der Waals surface area contributed by atoms with Crippen molar-refractivity contribution in [3.63, 3.8) is 0 Å². The van der Waals surface area contributed by atoms with Crippen molar-refractivity contribution in [2.45, 2.75) is 32.2 Å². The summed E-state index contributed by atoms with van der Waals surface area (Å²) < 4.78 is 5.97. The Balaban J connectivity index is 1.73. The molecule has 23 heavy (non-hydrogen) atoms. The molecule has 4 rings (SSSR count). The molecule has 3 aromatic rings. The lowest BCUT2D eigenvalue weighted by Crippen LogP contribution is -1.99. The summed E-state index contributed by atoms with van der Waals surface area (Å²) in [5, 5.41) is 11.3. The molecule has 0 fully saturated rings. The Morgan fingerprint density at radius 1 is 1.13 bits per heavy atom. The van der Waals surface area contributed by atoms with Gasteiger partial charge in [-0.15, -0.1) is 0 Å². The summed E-state index contributed by atoms with van der Waals surface area (Å²) in [5.41, 5.74) is 3.95. The highest BCUT2D eigenvalue weighted by Gasteiger charge is 2.21. The predicted octanol–water partition coefficient (Wildman–Crippen LogP) is 4.03. The van der Waals surface area contributed by atoms with Crippen LogP contribution in [0.5, 0.6) is 5.75 Å². The lowest BCUT2D eigenvalue weighted by atomic mass is 9.94. The van der Waals surface area contributed by atoms with Gasteiger partial charge in [-0.25, -0.2) is 0 Å². The molecule has 2 aromatic heterocycles. The van der Waals surface area contributed by atoms with Gasteiger partial charge in [-0.1, -0.05) is 0 Å². The van der Waals surface area contributed by atoms with Crippen LogP contribution >= 0.6 is 0 Å². The maximum atomic E-state index is 10.3. The third kappa shape index (κ3) is 2.61. The number of aliphatic imine (C=N–C) groups is 1. The van der Waals surface area contributed by atoms with Crippen molar-refractivity contribution in [3.05, 3.63) is 59.1 Å². The summed E-state index contributed by atoms with van der Waals surface area (Å²) >= 11 is 0. The van der Waals surface area contributed by atoms with E-state index in [1.54, 1.807) is 24.7 Å². The topological polar surface area (TPSA) is 58.6 Å². The Kier molecular flexibility index (Phi) is 3.58. The zero-order chi connectivity index (χ0) is 15.6. The van der Waals surface area contributed by atoms with Crippen LogP contribution in [0.4, 0.5) is 0 Å². The maximum Gasteiger partial charge on any atom is 0.135 e. The van der Waals surface area contributed by atoms with Gasteiger partial charge < -0.3 is 9.52 Å². The van der Waals surface area contributed by atoms with Crippen LogP contribution in [0.2, 0.25) is 0 Å². The smallest absolute Gasteiger partial charge is 0.135 e. The van der Waals surface area contributed by atoms with E-state index in [0.717, 1.165) is 40.7 Å². The van der Waals surface area contributed by atoms with Crippen molar-refractivity contribution < 1.29 is 9.52 Å². The number of phenolic OH excluding ortho intramolecular Hbond substituents is 1. The lowest BCUT2D eigenvalue weighted by molar-refractivity contribution is 0.474. The molecule has 0 bridgehead atoms. The molecule has 1 aliphatic carbocycles. The third-order valence-electron chi connectivity index (χ3n) is 4.38. The fraction of sp³-hybridized carbons (Fsp3) is 0.263. The molecule has 0 saturated carbocycles. The van der Waals surface area contributed by atoms with E-state index in [9.17, 15) is 5.11 Å². The zero-order valence-corrected chi connectivity index (χ0v) is 12.8. The van der Waals surface area contributed by atoms with Crippen LogP contribution in [-0.4, -0.2) is 16.3 Å². The Morgan fingerprint density at radius 2 is 1.96 bits per heavy atom. The van der Waals surface area contributed by atoms with Gasteiger partial charge in [0.1, 0.15) is 17.1 Å². The first kappa shape index (κ1) is 14.0. The minimum Gasteiger partial charge on any atom is -0.507 e. The van der Waals surface area contributed by atoms with Crippen LogP contribution in [0.15, 0.2) is 46.1 Å². The number of nitrogens with zero attached hydrogens (tertiary/aromatic N) is 2. The molecule has 0 spiro atoms. The van der Waals surface area contributed by atoms with E-state index < -0.39 is 0 Å². The Morgan fingerprint density at radius 3 is 2.83 bits per heavy atom. The van der Waals surface area contributed by atoms with Gasteiger partial charge >= 0.3 is 0 Å². The molecule has 2 heterocycles. The molecular formula is C19H18N2O2. The molecule has 116 valence electrons. The second-order valence-electron chi connectivity index (χ2n) is 5.91. The first-order valence-electron chi connectivity index (χ1n) is 7.98. The van der Waals surface area contributed by atoms with Crippen molar-refractivity contribution in [2.24, 2.45) is 4.99 Å². The fourth-order valence-corrected chi connectivity index (χ4v) is 3.23. The first-order chi connectivity index (χ1) is 11.3. The van der Waals surface area contributed by atoms with Gasteiger partial charge in [0.2, 0.25) is 0 Å². The van der Waals surface area contributed by atoms with Crippen LogP contribution in [0, 0.1) is 0 Å². The lowest BCUT2D eigenvalue weighted by Gasteiger charge is -2.09. The number of fused-ring (bicyclic) bond motifs is 3. The van der Waals surface area contributed by atoms with E-state index in [4.69, 9.17) is 4.42 Å². The van der Waals surface area contributed by atoms with Gasteiger partial charge in [0.05, 0.1) is 6.54 Å². The maximum absolute atomic E-state index is 10.3. The van der Waals surface area contributed by atoms with E-state index in [1.165, 1.54) is 18.4 Å². The van der Waals surface area contributed by atoms with E-state index >= 15 is 0 Å². The largest absolute Gasteiger partial charge is 0.507 e. The van der Waals surface area contributed by atoms with E-state index in [-0.39, 0.29) is 5.75 Å². The highest BCUT2D eigenvalue weighted by atomic mass is 16.3. The first-order valence-corrected chi connectivity index (χ1v) is 7.98. The molecular weight excluding hydrogens is 288 g/mol. The minimum absolute atomic E-state index is 0.255. The molecule has 0 atom stereocenters.